The predicted molar refractivity (Wildman–Crippen MR) is 159 cm³/mol. The highest BCUT2D eigenvalue weighted by Gasteiger charge is 2.40. The molecule has 3 N–H and O–H groups in total. The maximum Gasteiger partial charge on any atom is 0.247 e. The molecule has 3 unspecified atom stereocenters. The van der Waals surface area contributed by atoms with E-state index in [-0.39, 0.29) is 49.1 Å². The first kappa shape index (κ1) is 32.2. The number of aliphatic hydroxyl groups excluding tert-OH is 2. The van der Waals surface area contributed by atoms with E-state index in [1.54, 1.807) is 24.3 Å². The van der Waals surface area contributed by atoms with Crippen molar-refractivity contribution in [3.8, 4) is 11.5 Å². The number of carbonyl (C=O) groups excluding carboxylic acids is 3. The maximum absolute atomic E-state index is 13.8. The number of aldehydes is 1. The minimum Gasteiger partial charge on any atom is -0.493 e. The zero-order valence-corrected chi connectivity index (χ0v) is 25.0. The van der Waals surface area contributed by atoms with Crippen LogP contribution in [0.1, 0.15) is 35.7 Å². The number of nitrogens with one attached hydrogen (secondary N) is 1. The minimum absolute atomic E-state index is 0.0193. The Morgan fingerprint density at radius 2 is 2.05 bits per heavy atom. The monoisotopic (exact) mass is 680 g/mol. The van der Waals surface area contributed by atoms with E-state index in [0.29, 0.717) is 33.8 Å². The van der Waals surface area contributed by atoms with Crippen LogP contribution in [0.3, 0.4) is 0 Å². The fourth-order valence-corrected chi connectivity index (χ4v) is 5.29. The van der Waals surface area contributed by atoms with Crippen LogP contribution in [0.2, 0.25) is 0 Å². The SMILES string of the molecule is CCC=CC(=O)N(CCc1cccc(F)c1)C1CC(C(=O)NCCO)=CC(Oc2c(I)cc(C=O)cc2OC)C1O. The molecule has 0 saturated carbocycles. The Kier molecular flexibility index (Phi) is 12.3. The maximum atomic E-state index is 13.8. The van der Waals surface area contributed by atoms with Crippen LogP contribution < -0.4 is 14.8 Å². The van der Waals surface area contributed by atoms with Crippen LogP contribution in [0.15, 0.2) is 60.2 Å². The van der Waals surface area contributed by atoms with Crippen LogP contribution in [-0.2, 0) is 16.0 Å². The minimum atomic E-state index is -1.26. The molecule has 1 aliphatic rings. The van der Waals surface area contributed by atoms with Crippen molar-refractivity contribution < 1.29 is 38.5 Å². The average Bonchev–Trinajstić information content (AvgIpc) is 2.97. The van der Waals surface area contributed by atoms with Crippen LogP contribution in [-0.4, -0.2) is 78.3 Å². The molecular weight excluding hydrogens is 646 g/mol. The lowest BCUT2D eigenvalue weighted by molar-refractivity contribution is -0.133. The third-order valence-electron chi connectivity index (χ3n) is 6.57. The van der Waals surface area contributed by atoms with Gasteiger partial charge in [-0.25, -0.2) is 4.39 Å². The molecule has 11 heteroatoms. The summed E-state index contributed by atoms with van der Waals surface area (Å²) in [6.07, 6.45) is 3.90. The van der Waals surface area contributed by atoms with Gasteiger partial charge in [0.15, 0.2) is 11.5 Å². The highest BCUT2D eigenvalue weighted by atomic mass is 127. The van der Waals surface area contributed by atoms with E-state index in [1.165, 1.54) is 42.4 Å². The number of methoxy groups -OCH3 is 1. The number of allylic oxidation sites excluding steroid dienone is 1. The van der Waals surface area contributed by atoms with Crippen LogP contribution in [0.5, 0.6) is 11.5 Å². The van der Waals surface area contributed by atoms with Gasteiger partial charge in [0, 0.05) is 30.6 Å². The molecule has 2 aromatic rings. The average molecular weight is 681 g/mol. The second-order valence-corrected chi connectivity index (χ2v) is 10.6. The fourth-order valence-electron chi connectivity index (χ4n) is 4.53. The van der Waals surface area contributed by atoms with Crippen LogP contribution in [0, 0.1) is 9.39 Å². The zero-order chi connectivity index (χ0) is 29.9. The Morgan fingerprint density at radius 3 is 2.71 bits per heavy atom. The van der Waals surface area contributed by atoms with E-state index in [2.05, 4.69) is 5.32 Å². The van der Waals surface area contributed by atoms with E-state index >= 15 is 0 Å². The van der Waals surface area contributed by atoms with Gasteiger partial charge in [-0.1, -0.05) is 25.1 Å². The highest BCUT2D eigenvalue weighted by molar-refractivity contribution is 14.1. The number of rotatable bonds is 13. The molecule has 0 bridgehead atoms. The molecule has 9 nitrogen and oxygen atoms in total. The molecule has 220 valence electrons. The Morgan fingerprint density at radius 1 is 1.27 bits per heavy atom. The Labute approximate surface area is 252 Å². The molecule has 2 amide bonds. The smallest absolute Gasteiger partial charge is 0.247 e. The van der Waals surface area contributed by atoms with Gasteiger partial charge in [0.1, 0.15) is 24.3 Å². The molecule has 0 spiro atoms. The van der Waals surface area contributed by atoms with Gasteiger partial charge in [-0.3, -0.25) is 14.4 Å². The number of nitrogens with zero attached hydrogens (tertiary/aromatic N) is 1. The molecule has 41 heavy (non-hydrogen) atoms. The number of hydrogen-bond acceptors (Lipinski definition) is 7. The lowest BCUT2D eigenvalue weighted by atomic mass is 9.87. The van der Waals surface area contributed by atoms with E-state index in [0.717, 1.165) is 0 Å². The molecular formula is C30H34FIN2O7. The predicted octanol–water partition coefficient (Wildman–Crippen LogP) is 3.20. The number of amides is 2. The second-order valence-electron chi connectivity index (χ2n) is 9.39. The Balaban J connectivity index is 2.01. The summed E-state index contributed by atoms with van der Waals surface area (Å²) in [7, 11) is 1.42. The quantitative estimate of drug-likeness (QED) is 0.169. The van der Waals surface area contributed by atoms with Crippen molar-refractivity contribution in [2.24, 2.45) is 0 Å². The number of halogens is 2. The fraction of sp³-hybridized carbons (Fsp3) is 0.367. The van der Waals surface area contributed by atoms with E-state index in [1.807, 2.05) is 29.5 Å². The summed E-state index contributed by atoms with van der Waals surface area (Å²) >= 11 is 1.99. The van der Waals surface area contributed by atoms with Crippen molar-refractivity contribution in [3.63, 3.8) is 0 Å². The van der Waals surface area contributed by atoms with Crippen LogP contribution >= 0.6 is 22.6 Å². The largest absolute Gasteiger partial charge is 0.493 e. The lowest BCUT2D eigenvalue weighted by Crippen LogP contribution is -2.55. The highest BCUT2D eigenvalue weighted by Crippen LogP contribution is 2.37. The molecule has 2 aromatic carbocycles. The van der Waals surface area contributed by atoms with Gasteiger partial charge in [0.25, 0.3) is 0 Å². The van der Waals surface area contributed by atoms with Crippen molar-refractivity contribution >= 4 is 40.7 Å². The Hall–Kier alpha value is -3.29. The van der Waals surface area contributed by atoms with Crippen molar-refractivity contribution in [1.82, 2.24) is 10.2 Å². The number of ether oxygens (including phenoxy) is 2. The van der Waals surface area contributed by atoms with Gasteiger partial charge in [0.2, 0.25) is 11.8 Å². The zero-order valence-electron chi connectivity index (χ0n) is 22.9. The standard InChI is InChI=1S/C30H34FIN2O7/c1-3-4-8-27(37)34(11-9-19-6-5-7-22(31)13-19)24-16-21(30(39)33-10-12-35)17-25(28(24)38)41-29-23(32)14-20(18-36)15-26(29)40-2/h4-8,13-15,17-18,24-25,28,35,38H,3,9-12,16H2,1-2H3,(H,33,39). The molecule has 0 saturated heterocycles. The second kappa shape index (κ2) is 15.6. The molecule has 0 heterocycles. The number of carbonyl (C=O) groups is 3. The summed E-state index contributed by atoms with van der Waals surface area (Å²) in [6, 6.07) is 8.29. The van der Waals surface area contributed by atoms with E-state index < -0.39 is 30.0 Å². The summed E-state index contributed by atoms with van der Waals surface area (Å²) in [5.41, 5.74) is 1.31. The first-order valence-electron chi connectivity index (χ1n) is 13.2. The molecule has 0 fully saturated rings. The normalized spacial score (nSPS) is 18.5. The Bertz CT molecular complexity index is 1300. The third-order valence-corrected chi connectivity index (χ3v) is 7.37. The van der Waals surface area contributed by atoms with Gasteiger partial charge in [0.05, 0.1) is 23.3 Å². The van der Waals surface area contributed by atoms with Crippen molar-refractivity contribution in [2.75, 3.05) is 26.8 Å². The summed E-state index contributed by atoms with van der Waals surface area (Å²) in [5.74, 6) is -0.710. The molecule has 0 aliphatic heterocycles. The lowest BCUT2D eigenvalue weighted by Gasteiger charge is -2.40. The van der Waals surface area contributed by atoms with Gasteiger partial charge < -0.3 is 29.9 Å². The van der Waals surface area contributed by atoms with Crippen LogP contribution in [0.4, 0.5) is 4.39 Å². The molecule has 0 radical (unpaired) electrons. The van der Waals surface area contributed by atoms with Crippen LogP contribution in [0.25, 0.3) is 0 Å². The van der Waals surface area contributed by atoms with Gasteiger partial charge in [-0.05, 0) is 77.4 Å². The topological polar surface area (TPSA) is 125 Å². The first-order valence-corrected chi connectivity index (χ1v) is 14.3. The summed E-state index contributed by atoms with van der Waals surface area (Å²) in [4.78, 5) is 39.2. The van der Waals surface area contributed by atoms with Gasteiger partial charge in [-0.15, -0.1) is 0 Å². The molecule has 0 aromatic heterocycles. The summed E-state index contributed by atoms with van der Waals surface area (Å²) < 4.78 is 26.0. The first-order chi connectivity index (χ1) is 19.7. The summed E-state index contributed by atoms with van der Waals surface area (Å²) in [6.45, 7) is 1.79. The van der Waals surface area contributed by atoms with Crippen molar-refractivity contribution in [3.05, 3.63) is 80.7 Å². The van der Waals surface area contributed by atoms with Gasteiger partial charge in [-0.2, -0.15) is 0 Å². The van der Waals surface area contributed by atoms with Gasteiger partial charge >= 0.3 is 0 Å². The van der Waals surface area contributed by atoms with E-state index in [4.69, 9.17) is 9.47 Å². The third kappa shape index (κ3) is 8.60. The van der Waals surface area contributed by atoms with E-state index in [9.17, 15) is 29.0 Å². The number of aliphatic hydroxyl groups is 2. The van der Waals surface area contributed by atoms with Crippen molar-refractivity contribution in [2.45, 2.75) is 44.4 Å². The molecule has 3 rings (SSSR count). The summed E-state index contributed by atoms with van der Waals surface area (Å²) in [5, 5.41) is 23.4. The molecule has 3 atom stereocenters. The van der Waals surface area contributed by atoms with Crippen molar-refractivity contribution in [1.29, 1.82) is 0 Å². The number of benzene rings is 2. The number of hydrogen-bond donors (Lipinski definition) is 3. The molecule has 1 aliphatic carbocycles.